The quantitative estimate of drug-likeness (QED) is 0.280. The lowest BCUT2D eigenvalue weighted by atomic mass is 10.2. The van der Waals surface area contributed by atoms with E-state index in [1.807, 2.05) is 32.0 Å². The number of hydrogen-bond donors (Lipinski definition) is 2. The molecule has 2 rings (SSSR count). The molecule has 2 aromatic rings. The van der Waals surface area contributed by atoms with Crippen LogP contribution in [-0.2, 0) is 6.61 Å². The highest BCUT2D eigenvalue weighted by Gasteiger charge is 2.11. The molecule has 0 saturated carbocycles. The van der Waals surface area contributed by atoms with Crippen LogP contribution in [0, 0.1) is 0 Å². The Kier molecular flexibility index (Phi) is 9.31. The van der Waals surface area contributed by atoms with E-state index in [-0.39, 0.29) is 6.61 Å². The summed E-state index contributed by atoms with van der Waals surface area (Å²) < 4.78 is 12.4. The standard InChI is InChI=1S/C19H20BrCl2N3O2S/c1-3-23-19(28)25-24-10-13-7-17(26-4-2)18(9-15(13)20)27-11-12-5-6-14(21)8-16(12)22/h5-10H,3-4,11H2,1-2H3,(H2,23,25,28)/b24-10-. The van der Waals surface area contributed by atoms with Crippen molar-refractivity contribution in [3.05, 3.63) is 56.0 Å². The van der Waals surface area contributed by atoms with Gasteiger partial charge in [-0.2, -0.15) is 5.10 Å². The Morgan fingerprint density at radius 1 is 1.18 bits per heavy atom. The fraction of sp³-hybridized carbons (Fsp3) is 0.263. The second-order valence-corrected chi connectivity index (χ2v) is 7.61. The first-order valence-electron chi connectivity index (χ1n) is 8.54. The Morgan fingerprint density at radius 2 is 1.93 bits per heavy atom. The van der Waals surface area contributed by atoms with Crippen molar-refractivity contribution in [2.45, 2.75) is 20.5 Å². The maximum Gasteiger partial charge on any atom is 0.186 e. The summed E-state index contributed by atoms with van der Waals surface area (Å²) >= 11 is 20.8. The van der Waals surface area contributed by atoms with Crippen LogP contribution in [0.5, 0.6) is 11.5 Å². The monoisotopic (exact) mass is 503 g/mol. The van der Waals surface area contributed by atoms with Crippen LogP contribution in [0.3, 0.4) is 0 Å². The van der Waals surface area contributed by atoms with E-state index in [9.17, 15) is 0 Å². The summed E-state index contributed by atoms with van der Waals surface area (Å²) in [4.78, 5) is 0. The van der Waals surface area contributed by atoms with Gasteiger partial charge in [-0.15, -0.1) is 0 Å². The summed E-state index contributed by atoms with van der Waals surface area (Å²) in [5.41, 5.74) is 4.40. The molecule has 0 saturated heterocycles. The predicted octanol–water partition coefficient (Wildman–Crippen LogP) is 5.55. The third-order valence-corrected chi connectivity index (χ3v) is 4.98. The minimum absolute atomic E-state index is 0.286. The van der Waals surface area contributed by atoms with Crippen LogP contribution in [0.25, 0.3) is 0 Å². The molecule has 0 aliphatic carbocycles. The van der Waals surface area contributed by atoms with Crippen LogP contribution in [0.15, 0.2) is 39.9 Å². The van der Waals surface area contributed by atoms with Gasteiger partial charge in [-0.3, -0.25) is 5.43 Å². The summed E-state index contributed by atoms with van der Waals surface area (Å²) in [6.45, 7) is 5.38. The third kappa shape index (κ3) is 6.81. The first kappa shape index (κ1) is 22.7. The predicted molar refractivity (Wildman–Crippen MR) is 123 cm³/mol. The topological polar surface area (TPSA) is 54.9 Å². The Bertz CT molecular complexity index is 865. The van der Waals surface area contributed by atoms with Gasteiger partial charge < -0.3 is 14.8 Å². The number of halogens is 3. The van der Waals surface area contributed by atoms with Crippen molar-refractivity contribution in [2.75, 3.05) is 13.2 Å². The second kappa shape index (κ2) is 11.5. The summed E-state index contributed by atoms with van der Waals surface area (Å²) in [6, 6.07) is 8.97. The molecule has 0 aromatic heterocycles. The lowest BCUT2D eigenvalue weighted by Crippen LogP contribution is -2.31. The van der Waals surface area contributed by atoms with Crippen LogP contribution in [0.4, 0.5) is 0 Å². The van der Waals surface area contributed by atoms with Crippen LogP contribution in [0.1, 0.15) is 25.0 Å². The van der Waals surface area contributed by atoms with Crippen LogP contribution in [0.2, 0.25) is 10.0 Å². The van der Waals surface area contributed by atoms with Crippen molar-refractivity contribution < 1.29 is 9.47 Å². The molecule has 0 fully saturated rings. The molecule has 150 valence electrons. The van der Waals surface area contributed by atoms with Crippen molar-refractivity contribution in [3.8, 4) is 11.5 Å². The average molecular weight is 505 g/mol. The minimum Gasteiger partial charge on any atom is -0.490 e. The number of rotatable bonds is 8. The molecule has 9 heteroatoms. The van der Waals surface area contributed by atoms with Gasteiger partial charge >= 0.3 is 0 Å². The van der Waals surface area contributed by atoms with E-state index in [4.69, 9.17) is 44.9 Å². The molecule has 28 heavy (non-hydrogen) atoms. The van der Waals surface area contributed by atoms with Crippen LogP contribution in [-0.4, -0.2) is 24.5 Å². The first-order chi connectivity index (χ1) is 13.4. The molecule has 2 aromatic carbocycles. The van der Waals surface area contributed by atoms with Crippen molar-refractivity contribution in [3.63, 3.8) is 0 Å². The summed E-state index contributed by atoms with van der Waals surface area (Å²) in [7, 11) is 0. The van der Waals surface area contributed by atoms with Gasteiger partial charge in [0, 0.05) is 32.2 Å². The fourth-order valence-corrected chi connectivity index (χ4v) is 3.27. The zero-order valence-electron chi connectivity index (χ0n) is 15.4. The van der Waals surface area contributed by atoms with Crippen molar-refractivity contribution in [1.29, 1.82) is 0 Å². The minimum atomic E-state index is 0.286. The lowest BCUT2D eigenvalue weighted by molar-refractivity contribution is 0.269. The Morgan fingerprint density at radius 3 is 2.61 bits per heavy atom. The summed E-state index contributed by atoms with van der Waals surface area (Å²) in [5.74, 6) is 1.19. The van der Waals surface area contributed by atoms with E-state index < -0.39 is 0 Å². The van der Waals surface area contributed by atoms with Gasteiger partial charge in [-0.1, -0.05) is 29.3 Å². The zero-order valence-corrected chi connectivity index (χ0v) is 19.3. The molecular formula is C19H20BrCl2N3O2S. The van der Waals surface area contributed by atoms with Crippen LogP contribution >= 0.6 is 51.3 Å². The van der Waals surface area contributed by atoms with E-state index in [1.165, 1.54) is 0 Å². The zero-order chi connectivity index (χ0) is 20.5. The summed E-state index contributed by atoms with van der Waals surface area (Å²) in [5, 5.41) is 8.68. The molecule has 5 nitrogen and oxygen atoms in total. The number of hydrazone groups is 1. The molecule has 0 amide bonds. The molecule has 0 radical (unpaired) electrons. The molecule has 2 N–H and O–H groups in total. The van der Waals surface area contributed by atoms with Crippen molar-refractivity contribution in [1.82, 2.24) is 10.7 Å². The largest absolute Gasteiger partial charge is 0.490 e. The maximum atomic E-state index is 6.21. The van der Waals surface area contributed by atoms with E-state index >= 15 is 0 Å². The average Bonchev–Trinajstić information content (AvgIpc) is 2.64. The molecule has 0 unspecified atom stereocenters. The SMILES string of the molecule is CCNC(=S)N/N=C\c1cc(OCC)c(OCc2ccc(Cl)cc2Cl)cc1Br. The number of hydrogen-bond acceptors (Lipinski definition) is 4. The first-order valence-corrected chi connectivity index (χ1v) is 10.5. The Hall–Kier alpha value is -1.54. The number of nitrogens with zero attached hydrogens (tertiary/aromatic N) is 1. The lowest BCUT2D eigenvalue weighted by Gasteiger charge is -2.14. The number of benzene rings is 2. The van der Waals surface area contributed by atoms with E-state index in [1.54, 1.807) is 18.3 Å². The van der Waals surface area contributed by atoms with Gasteiger partial charge in [0.2, 0.25) is 0 Å². The maximum absolute atomic E-state index is 6.21. The highest BCUT2D eigenvalue weighted by atomic mass is 79.9. The molecule has 0 atom stereocenters. The van der Waals surface area contributed by atoms with Gasteiger partial charge in [-0.05, 0) is 66.3 Å². The molecule has 0 spiro atoms. The van der Waals surface area contributed by atoms with Crippen molar-refractivity contribution >= 4 is 62.7 Å². The summed E-state index contributed by atoms with van der Waals surface area (Å²) in [6.07, 6.45) is 1.65. The highest BCUT2D eigenvalue weighted by Crippen LogP contribution is 2.34. The normalized spacial score (nSPS) is 10.8. The van der Waals surface area contributed by atoms with E-state index in [0.717, 1.165) is 22.1 Å². The van der Waals surface area contributed by atoms with Gasteiger partial charge in [0.15, 0.2) is 16.6 Å². The van der Waals surface area contributed by atoms with E-state index in [2.05, 4.69) is 31.8 Å². The molecule has 0 heterocycles. The van der Waals surface area contributed by atoms with E-state index in [0.29, 0.717) is 33.3 Å². The highest BCUT2D eigenvalue weighted by molar-refractivity contribution is 9.10. The van der Waals surface area contributed by atoms with Gasteiger partial charge in [0.25, 0.3) is 0 Å². The molecular weight excluding hydrogens is 485 g/mol. The Balaban J connectivity index is 2.16. The van der Waals surface area contributed by atoms with Crippen LogP contribution < -0.4 is 20.2 Å². The van der Waals surface area contributed by atoms with Gasteiger partial charge in [0.05, 0.1) is 12.8 Å². The molecule has 0 aliphatic heterocycles. The third-order valence-electron chi connectivity index (χ3n) is 3.47. The number of thiocarbonyl (C=S) groups is 1. The second-order valence-electron chi connectivity index (χ2n) is 5.51. The molecule has 0 aliphatic rings. The fourth-order valence-electron chi connectivity index (χ4n) is 2.19. The Labute approximate surface area is 188 Å². The number of ether oxygens (including phenoxy) is 2. The smallest absolute Gasteiger partial charge is 0.186 e. The van der Waals surface area contributed by atoms with Gasteiger partial charge in [0.1, 0.15) is 6.61 Å². The van der Waals surface area contributed by atoms with Gasteiger partial charge in [-0.25, -0.2) is 0 Å². The van der Waals surface area contributed by atoms with Crippen molar-refractivity contribution in [2.24, 2.45) is 5.10 Å². The number of nitrogens with one attached hydrogen (secondary N) is 2. The molecule has 0 bridgehead atoms.